The minimum absolute atomic E-state index is 0.0371. The maximum absolute atomic E-state index is 12.2. The van der Waals surface area contributed by atoms with E-state index in [1.54, 1.807) is 0 Å². The molecule has 3 rings (SSSR count). The number of amides is 1. The van der Waals surface area contributed by atoms with E-state index in [1.165, 1.54) is 19.3 Å². The van der Waals surface area contributed by atoms with E-state index in [0.29, 0.717) is 12.0 Å². The van der Waals surface area contributed by atoms with Crippen molar-refractivity contribution < 1.29 is 14.7 Å². The molecule has 2 bridgehead atoms. The van der Waals surface area contributed by atoms with Crippen molar-refractivity contribution in [2.45, 2.75) is 45.6 Å². The van der Waals surface area contributed by atoms with Crippen LogP contribution in [0.15, 0.2) is 0 Å². The van der Waals surface area contributed by atoms with Crippen molar-refractivity contribution in [1.82, 2.24) is 5.32 Å². The zero-order valence-electron chi connectivity index (χ0n) is 11.0. The molecule has 4 nitrogen and oxygen atoms in total. The second-order valence-electron chi connectivity index (χ2n) is 6.90. The normalized spacial score (nSPS) is 43.8. The molecule has 0 spiro atoms. The van der Waals surface area contributed by atoms with Crippen LogP contribution in [0.5, 0.6) is 0 Å². The van der Waals surface area contributed by atoms with Crippen molar-refractivity contribution in [1.29, 1.82) is 0 Å². The zero-order chi connectivity index (χ0) is 13.1. The molecule has 3 aliphatic rings. The summed E-state index contributed by atoms with van der Waals surface area (Å²) in [4.78, 5) is 23.3. The fraction of sp³-hybridized carbons (Fsp3) is 0.857. The van der Waals surface area contributed by atoms with Crippen LogP contribution < -0.4 is 5.32 Å². The molecule has 5 atom stereocenters. The summed E-state index contributed by atoms with van der Waals surface area (Å²) in [6.07, 6.45) is 4.89. The molecule has 5 unspecified atom stereocenters. The van der Waals surface area contributed by atoms with Gasteiger partial charge in [-0.25, -0.2) is 0 Å². The van der Waals surface area contributed by atoms with Crippen LogP contribution in [0.1, 0.15) is 39.5 Å². The van der Waals surface area contributed by atoms with E-state index in [4.69, 9.17) is 5.11 Å². The van der Waals surface area contributed by atoms with Gasteiger partial charge in [0.25, 0.3) is 0 Å². The van der Waals surface area contributed by atoms with Crippen LogP contribution in [-0.2, 0) is 9.59 Å². The molecule has 0 radical (unpaired) electrons. The van der Waals surface area contributed by atoms with E-state index < -0.39 is 11.9 Å². The summed E-state index contributed by atoms with van der Waals surface area (Å²) in [6.45, 7) is 3.74. The van der Waals surface area contributed by atoms with Gasteiger partial charge in [0.2, 0.25) is 5.91 Å². The first-order valence-electron chi connectivity index (χ1n) is 6.94. The Morgan fingerprint density at radius 2 is 1.89 bits per heavy atom. The number of fused-ring (bicyclic) bond motifs is 2. The van der Waals surface area contributed by atoms with Gasteiger partial charge in [-0.2, -0.15) is 0 Å². The standard InChI is InChI=1S/C14H21NO3/c1-14(2)10(11(14)13(17)18)12(16)15-9-6-7-3-4-8(9)5-7/h7-11H,3-6H2,1-2H3,(H,15,16)(H,17,18). The van der Waals surface area contributed by atoms with Crippen LogP contribution in [0.25, 0.3) is 0 Å². The lowest BCUT2D eigenvalue weighted by Crippen LogP contribution is -2.40. The third-order valence-corrected chi connectivity index (χ3v) is 5.44. The van der Waals surface area contributed by atoms with Crippen LogP contribution >= 0.6 is 0 Å². The van der Waals surface area contributed by atoms with E-state index in [2.05, 4.69) is 5.32 Å². The number of carboxylic acids is 1. The highest BCUT2D eigenvalue weighted by molar-refractivity contribution is 5.91. The molecule has 4 heteroatoms. The molecule has 0 heterocycles. The molecule has 3 aliphatic carbocycles. The van der Waals surface area contributed by atoms with Crippen LogP contribution in [-0.4, -0.2) is 23.0 Å². The van der Waals surface area contributed by atoms with Crippen molar-refractivity contribution in [2.75, 3.05) is 0 Å². The van der Waals surface area contributed by atoms with E-state index in [0.717, 1.165) is 12.3 Å². The molecule has 18 heavy (non-hydrogen) atoms. The lowest BCUT2D eigenvalue weighted by molar-refractivity contribution is -0.140. The number of carbonyl (C=O) groups excluding carboxylic acids is 1. The summed E-state index contributed by atoms with van der Waals surface area (Å²) in [5.74, 6) is -0.282. The minimum Gasteiger partial charge on any atom is -0.481 e. The summed E-state index contributed by atoms with van der Waals surface area (Å²) in [6, 6.07) is 0.307. The molecule has 3 saturated carbocycles. The van der Waals surface area contributed by atoms with Crippen LogP contribution in [0.2, 0.25) is 0 Å². The van der Waals surface area contributed by atoms with Crippen LogP contribution in [0, 0.1) is 29.1 Å². The van der Waals surface area contributed by atoms with Gasteiger partial charge in [0, 0.05) is 6.04 Å². The number of nitrogens with one attached hydrogen (secondary N) is 1. The van der Waals surface area contributed by atoms with Crippen molar-refractivity contribution in [2.24, 2.45) is 29.1 Å². The van der Waals surface area contributed by atoms with Crippen molar-refractivity contribution in [3.8, 4) is 0 Å². The number of aliphatic carboxylic acids is 1. The number of carboxylic acid groups (broad SMARTS) is 1. The third kappa shape index (κ3) is 1.65. The maximum atomic E-state index is 12.2. The van der Waals surface area contributed by atoms with Gasteiger partial charge in [0.05, 0.1) is 11.8 Å². The second kappa shape index (κ2) is 3.72. The Morgan fingerprint density at radius 1 is 1.17 bits per heavy atom. The summed E-state index contributed by atoms with van der Waals surface area (Å²) in [5.41, 5.74) is -0.381. The van der Waals surface area contributed by atoms with Gasteiger partial charge in [0.1, 0.15) is 0 Å². The Balaban J connectivity index is 1.61. The predicted molar refractivity (Wildman–Crippen MR) is 65.8 cm³/mol. The average Bonchev–Trinajstić information content (AvgIpc) is 2.67. The van der Waals surface area contributed by atoms with Gasteiger partial charge in [-0.05, 0) is 36.5 Å². The third-order valence-electron chi connectivity index (χ3n) is 5.44. The second-order valence-corrected chi connectivity index (χ2v) is 6.90. The number of hydrogen-bond donors (Lipinski definition) is 2. The number of hydrogen-bond acceptors (Lipinski definition) is 2. The van der Waals surface area contributed by atoms with Crippen molar-refractivity contribution in [3.63, 3.8) is 0 Å². The Hall–Kier alpha value is -1.06. The topological polar surface area (TPSA) is 66.4 Å². The molecule has 2 N–H and O–H groups in total. The summed E-state index contributed by atoms with van der Waals surface area (Å²) < 4.78 is 0. The monoisotopic (exact) mass is 251 g/mol. The summed E-state index contributed by atoms with van der Waals surface area (Å²) in [5, 5.41) is 12.2. The van der Waals surface area contributed by atoms with Gasteiger partial charge in [-0.15, -0.1) is 0 Å². The quantitative estimate of drug-likeness (QED) is 0.801. The SMILES string of the molecule is CC1(C)C(C(=O)O)C1C(=O)NC1CC2CCC1C2. The molecule has 0 aliphatic heterocycles. The highest BCUT2D eigenvalue weighted by Gasteiger charge is 2.66. The Kier molecular flexibility index (Phi) is 2.48. The minimum atomic E-state index is -0.840. The molecule has 100 valence electrons. The molecule has 0 aromatic heterocycles. The fourth-order valence-electron chi connectivity index (χ4n) is 4.28. The molecule has 0 aromatic rings. The maximum Gasteiger partial charge on any atom is 0.307 e. The van der Waals surface area contributed by atoms with E-state index in [9.17, 15) is 9.59 Å². The summed E-state index contributed by atoms with van der Waals surface area (Å²) in [7, 11) is 0. The van der Waals surface area contributed by atoms with E-state index >= 15 is 0 Å². The lowest BCUT2D eigenvalue weighted by Gasteiger charge is -2.23. The highest BCUT2D eigenvalue weighted by atomic mass is 16.4. The Labute approximate surface area is 107 Å². The fourth-order valence-corrected chi connectivity index (χ4v) is 4.28. The van der Waals surface area contributed by atoms with Gasteiger partial charge in [-0.3, -0.25) is 9.59 Å². The average molecular weight is 251 g/mol. The van der Waals surface area contributed by atoms with Crippen LogP contribution in [0.4, 0.5) is 0 Å². The lowest BCUT2D eigenvalue weighted by atomic mass is 9.95. The Bertz CT molecular complexity index is 404. The first kappa shape index (κ1) is 12.0. The molecule has 3 fully saturated rings. The molecular formula is C14H21NO3. The van der Waals surface area contributed by atoms with Crippen molar-refractivity contribution >= 4 is 11.9 Å². The first-order valence-corrected chi connectivity index (χ1v) is 6.94. The predicted octanol–water partition coefficient (Wildman–Crippen LogP) is 1.65. The molecule has 1 amide bonds. The summed E-state index contributed by atoms with van der Waals surface area (Å²) >= 11 is 0. The number of carbonyl (C=O) groups is 2. The van der Waals surface area contributed by atoms with Crippen LogP contribution in [0.3, 0.4) is 0 Å². The Morgan fingerprint density at radius 3 is 2.33 bits per heavy atom. The van der Waals surface area contributed by atoms with Crippen molar-refractivity contribution in [3.05, 3.63) is 0 Å². The smallest absolute Gasteiger partial charge is 0.307 e. The first-order chi connectivity index (χ1) is 8.41. The number of rotatable bonds is 3. The molecule has 0 saturated heterocycles. The van der Waals surface area contributed by atoms with Gasteiger partial charge in [-0.1, -0.05) is 20.3 Å². The molecular weight excluding hydrogens is 230 g/mol. The van der Waals surface area contributed by atoms with E-state index in [-0.39, 0.29) is 17.2 Å². The van der Waals surface area contributed by atoms with E-state index in [1.807, 2.05) is 13.8 Å². The van der Waals surface area contributed by atoms with Gasteiger partial charge < -0.3 is 10.4 Å². The highest BCUT2D eigenvalue weighted by Crippen LogP contribution is 2.58. The largest absolute Gasteiger partial charge is 0.481 e. The van der Waals surface area contributed by atoms with Gasteiger partial charge >= 0.3 is 5.97 Å². The molecule has 0 aromatic carbocycles. The van der Waals surface area contributed by atoms with Gasteiger partial charge in [0.15, 0.2) is 0 Å². The zero-order valence-corrected chi connectivity index (χ0v) is 11.0.